The second-order valence-electron chi connectivity index (χ2n) is 6.74. The summed E-state index contributed by atoms with van der Waals surface area (Å²) in [5.41, 5.74) is 4.68. The number of carbonyl (C=O) groups excluding carboxylic acids is 2. The van der Waals surface area contributed by atoms with E-state index in [9.17, 15) is 9.59 Å². The van der Waals surface area contributed by atoms with Crippen LogP contribution < -0.4 is 5.73 Å². The fourth-order valence-corrected chi connectivity index (χ4v) is 2.44. The van der Waals surface area contributed by atoms with Crippen LogP contribution in [0.15, 0.2) is 0 Å². The van der Waals surface area contributed by atoms with E-state index in [0.29, 0.717) is 25.7 Å². The van der Waals surface area contributed by atoms with Crippen molar-refractivity contribution in [3.8, 4) is 0 Å². The minimum Gasteiger partial charge on any atom is -0.370 e. The Morgan fingerprint density at radius 1 is 0.889 bits per heavy atom. The van der Waals surface area contributed by atoms with Crippen LogP contribution in [0.5, 0.6) is 0 Å². The number of carbonyl (C=O) groups is 2. The molecule has 2 amide bonds. The smallest absolute Gasteiger partial charge is 0.223 e. The molecular weight excluding hydrogens is 228 g/mol. The molecule has 4 nitrogen and oxygen atoms in total. The number of hydrogen-bond acceptors (Lipinski definition) is 2. The molecule has 106 valence electrons. The average Bonchev–Trinajstić information content (AvgIpc) is 2.06. The molecule has 0 aliphatic heterocycles. The van der Waals surface area contributed by atoms with Crippen LogP contribution in [0.25, 0.3) is 0 Å². The van der Waals surface area contributed by atoms with Crippen molar-refractivity contribution in [3.63, 3.8) is 0 Å². The molecule has 18 heavy (non-hydrogen) atoms. The Kier molecular flexibility index (Phi) is 5.84. The first-order valence-electron chi connectivity index (χ1n) is 6.57. The van der Waals surface area contributed by atoms with E-state index in [1.807, 2.05) is 46.4 Å². The summed E-state index contributed by atoms with van der Waals surface area (Å²) in [7, 11) is 0. The van der Waals surface area contributed by atoms with Crippen LogP contribution in [0.2, 0.25) is 0 Å². The molecule has 0 aromatic carbocycles. The van der Waals surface area contributed by atoms with Gasteiger partial charge >= 0.3 is 0 Å². The highest BCUT2D eigenvalue weighted by Gasteiger charge is 2.34. The lowest BCUT2D eigenvalue weighted by atomic mass is 9.95. The highest BCUT2D eigenvalue weighted by Crippen LogP contribution is 2.26. The molecule has 0 aliphatic carbocycles. The molecule has 0 aromatic rings. The van der Waals surface area contributed by atoms with E-state index in [0.717, 1.165) is 0 Å². The van der Waals surface area contributed by atoms with Crippen LogP contribution in [0.3, 0.4) is 0 Å². The van der Waals surface area contributed by atoms with Gasteiger partial charge in [-0.25, -0.2) is 0 Å². The van der Waals surface area contributed by atoms with Gasteiger partial charge in [0.2, 0.25) is 11.8 Å². The first kappa shape index (κ1) is 16.9. The summed E-state index contributed by atoms with van der Waals surface area (Å²) in [5, 5.41) is 0. The topological polar surface area (TPSA) is 63.4 Å². The fourth-order valence-electron chi connectivity index (χ4n) is 2.44. The first-order chi connectivity index (χ1) is 7.96. The largest absolute Gasteiger partial charge is 0.370 e. The summed E-state index contributed by atoms with van der Waals surface area (Å²) in [5.74, 6) is -0.162. The van der Waals surface area contributed by atoms with Crippen molar-refractivity contribution >= 4 is 11.8 Å². The average molecular weight is 256 g/mol. The molecule has 2 N–H and O–H groups in total. The Bertz CT molecular complexity index is 284. The predicted molar refractivity (Wildman–Crippen MR) is 74.0 cm³/mol. The molecule has 0 heterocycles. The number of nitrogens with two attached hydrogens (primary N) is 1. The highest BCUT2D eigenvalue weighted by molar-refractivity contribution is 5.78. The molecule has 0 aromatic heterocycles. The molecule has 0 spiro atoms. The molecule has 4 heteroatoms. The maximum atomic E-state index is 12.3. The molecule has 0 unspecified atom stereocenters. The van der Waals surface area contributed by atoms with Crippen LogP contribution in [0.4, 0.5) is 0 Å². The number of hydrogen-bond donors (Lipinski definition) is 1. The number of unbranched alkanes of at least 4 members (excludes halogenated alkanes) is 1. The summed E-state index contributed by atoms with van der Waals surface area (Å²) < 4.78 is 0. The summed E-state index contributed by atoms with van der Waals surface area (Å²) in [6.45, 7) is 12.2. The van der Waals surface area contributed by atoms with E-state index >= 15 is 0 Å². The van der Waals surface area contributed by atoms with Gasteiger partial charge in [-0.05, 0) is 54.4 Å². The van der Waals surface area contributed by atoms with Gasteiger partial charge in [-0.15, -0.1) is 0 Å². The van der Waals surface area contributed by atoms with E-state index in [1.54, 1.807) is 0 Å². The van der Waals surface area contributed by atoms with Crippen LogP contribution in [-0.4, -0.2) is 27.8 Å². The van der Waals surface area contributed by atoms with Crippen molar-refractivity contribution in [1.29, 1.82) is 0 Å². The van der Waals surface area contributed by atoms with E-state index in [4.69, 9.17) is 5.73 Å². The maximum Gasteiger partial charge on any atom is 0.223 e. The van der Waals surface area contributed by atoms with Gasteiger partial charge in [0.05, 0.1) is 0 Å². The normalized spacial score (nSPS) is 12.3. The molecule has 0 radical (unpaired) electrons. The summed E-state index contributed by atoms with van der Waals surface area (Å²) >= 11 is 0. The Hall–Kier alpha value is -1.06. The molecule has 0 aliphatic rings. The van der Waals surface area contributed by atoms with Crippen LogP contribution in [-0.2, 0) is 9.59 Å². The molecule has 0 rings (SSSR count). The Labute approximate surface area is 111 Å². The molecule has 0 saturated carbocycles. The lowest BCUT2D eigenvalue weighted by Gasteiger charge is -2.45. The summed E-state index contributed by atoms with van der Waals surface area (Å²) in [4.78, 5) is 24.8. The van der Waals surface area contributed by atoms with Gasteiger partial charge in [-0.3, -0.25) is 9.59 Å². The third kappa shape index (κ3) is 6.03. The van der Waals surface area contributed by atoms with E-state index in [-0.39, 0.29) is 22.9 Å². The van der Waals surface area contributed by atoms with Gasteiger partial charge < -0.3 is 10.6 Å². The standard InChI is InChI=1S/C14H28N2O2/c1-13(2,3)16(14(4,5)6)12(18)10-8-7-9-11(15)17/h7-10H2,1-6H3,(H2,15,17). The van der Waals surface area contributed by atoms with Crippen LogP contribution in [0.1, 0.15) is 67.2 Å². The van der Waals surface area contributed by atoms with Crippen molar-refractivity contribution in [2.24, 2.45) is 5.73 Å². The van der Waals surface area contributed by atoms with E-state index < -0.39 is 0 Å². The van der Waals surface area contributed by atoms with Crippen molar-refractivity contribution < 1.29 is 9.59 Å². The van der Waals surface area contributed by atoms with Gasteiger partial charge in [0.15, 0.2) is 0 Å². The number of rotatable bonds is 5. The van der Waals surface area contributed by atoms with Gasteiger partial charge in [-0.2, -0.15) is 0 Å². The molecule has 0 bridgehead atoms. The fraction of sp³-hybridized carbons (Fsp3) is 0.857. The van der Waals surface area contributed by atoms with Crippen molar-refractivity contribution in [3.05, 3.63) is 0 Å². The Balaban J connectivity index is 4.47. The number of amides is 2. The quantitative estimate of drug-likeness (QED) is 0.768. The molecular formula is C14H28N2O2. The molecule has 0 saturated heterocycles. The van der Waals surface area contributed by atoms with Crippen molar-refractivity contribution in [2.45, 2.75) is 78.3 Å². The van der Waals surface area contributed by atoms with Gasteiger partial charge in [-0.1, -0.05) is 0 Å². The molecule has 0 atom stereocenters. The zero-order valence-corrected chi connectivity index (χ0v) is 12.7. The summed E-state index contributed by atoms with van der Waals surface area (Å²) in [6, 6.07) is 0. The SMILES string of the molecule is CC(C)(C)N(C(=O)CCCCC(N)=O)C(C)(C)C. The van der Waals surface area contributed by atoms with E-state index in [2.05, 4.69) is 0 Å². The second-order valence-corrected chi connectivity index (χ2v) is 6.74. The second kappa shape index (κ2) is 6.21. The van der Waals surface area contributed by atoms with Crippen molar-refractivity contribution in [2.75, 3.05) is 0 Å². The monoisotopic (exact) mass is 256 g/mol. The minimum absolute atomic E-state index is 0.138. The third-order valence-corrected chi connectivity index (χ3v) is 2.65. The Morgan fingerprint density at radius 2 is 1.28 bits per heavy atom. The van der Waals surface area contributed by atoms with Gasteiger partial charge in [0, 0.05) is 23.9 Å². The zero-order valence-electron chi connectivity index (χ0n) is 12.7. The summed E-state index contributed by atoms with van der Waals surface area (Å²) in [6.07, 6.45) is 2.23. The van der Waals surface area contributed by atoms with Crippen LogP contribution >= 0.6 is 0 Å². The van der Waals surface area contributed by atoms with E-state index in [1.165, 1.54) is 0 Å². The lowest BCUT2D eigenvalue weighted by molar-refractivity contribution is -0.143. The molecule has 0 fully saturated rings. The van der Waals surface area contributed by atoms with Gasteiger partial charge in [0.1, 0.15) is 0 Å². The van der Waals surface area contributed by atoms with Crippen LogP contribution in [0, 0.1) is 0 Å². The maximum absolute atomic E-state index is 12.3. The third-order valence-electron chi connectivity index (χ3n) is 2.65. The lowest BCUT2D eigenvalue weighted by Crippen LogP contribution is -2.55. The van der Waals surface area contributed by atoms with Crippen molar-refractivity contribution in [1.82, 2.24) is 4.90 Å². The first-order valence-corrected chi connectivity index (χ1v) is 6.57. The Morgan fingerprint density at radius 3 is 1.61 bits per heavy atom. The number of primary amides is 1. The van der Waals surface area contributed by atoms with Gasteiger partial charge in [0.25, 0.3) is 0 Å². The highest BCUT2D eigenvalue weighted by atomic mass is 16.2. The zero-order chi connectivity index (χ0) is 14.6. The predicted octanol–water partition coefficient (Wildman–Crippen LogP) is 2.46. The number of nitrogens with zero attached hydrogens (tertiary/aromatic N) is 1. The minimum atomic E-state index is -0.300.